The molecule has 0 saturated heterocycles. The molecule has 2 N–H and O–H groups in total. The zero-order valence-corrected chi connectivity index (χ0v) is 15.1. The Labute approximate surface area is 157 Å². The van der Waals surface area contributed by atoms with E-state index in [1.54, 1.807) is 13.0 Å². The first-order chi connectivity index (χ1) is 12.9. The molecule has 0 unspecified atom stereocenters. The van der Waals surface area contributed by atoms with Crippen LogP contribution in [0.1, 0.15) is 11.5 Å². The van der Waals surface area contributed by atoms with Crippen LogP contribution in [0.4, 0.5) is 20.4 Å². The molecule has 1 aromatic carbocycles. The molecule has 136 valence electrons. The minimum atomic E-state index is -0.614. The molecular formula is C18H13ClF2N6. The number of fused-ring (bicyclic) bond motifs is 1. The number of hydrogen-bond acceptors (Lipinski definition) is 5. The average Bonchev–Trinajstić information content (AvgIpc) is 3.02. The Morgan fingerprint density at radius 1 is 1.07 bits per heavy atom. The summed E-state index contributed by atoms with van der Waals surface area (Å²) in [5, 5.41) is 3.18. The van der Waals surface area contributed by atoms with E-state index in [2.05, 4.69) is 30.2 Å². The normalized spacial score (nSPS) is 11.1. The second-order valence-electron chi connectivity index (χ2n) is 5.93. The average molecular weight is 387 g/mol. The van der Waals surface area contributed by atoms with Gasteiger partial charge in [0.2, 0.25) is 0 Å². The van der Waals surface area contributed by atoms with E-state index < -0.39 is 11.6 Å². The molecule has 0 saturated carbocycles. The van der Waals surface area contributed by atoms with Crippen LogP contribution in [0.2, 0.25) is 5.02 Å². The Morgan fingerprint density at radius 2 is 1.89 bits per heavy atom. The van der Waals surface area contributed by atoms with Gasteiger partial charge in [0.05, 0.1) is 16.8 Å². The number of aryl methyl sites for hydroxylation is 2. The number of rotatable bonds is 3. The zero-order valence-electron chi connectivity index (χ0n) is 14.3. The SMILES string of the molecule is Cc1cc(Nc2ncc(F)c3[nH]c(-c4c(F)cccc4Cl)nc23)nc(C)n1. The highest BCUT2D eigenvalue weighted by atomic mass is 35.5. The highest BCUT2D eigenvalue weighted by molar-refractivity contribution is 6.33. The summed E-state index contributed by atoms with van der Waals surface area (Å²) in [5.41, 5.74) is 1.13. The van der Waals surface area contributed by atoms with Crippen molar-refractivity contribution in [2.75, 3.05) is 5.32 Å². The van der Waals surface area contributed by atoms with E-state index >= 15 is 0 Å². The number of nitrogens with zero attached hydrogens (tertiary/aromatic N) is 4. The van der Waals surface area contributed by atoms with Crippen molar-refractivity contribution in [2.24, 2.45) is 0 Å². The summed E-state index contributed by atoms with van der Waals surface area (Å²) in [4.78, 5) is 19.6. The number of halogens is 3. The lowest BCUT2D eigenvalue weighted by atomic mass is 10.2. The number of benzene rings is 1. The summed E-state index contributed by atoms with van der Waals surface area (Å²) >= 11 is 6.09. The van der Waals surface area contributed by atoms with Gasteiger partial charge >= 0.3 is 0 Å². The van der Waals surface area contributed by atoms with Crippen LogP contribution in [0.15, 0.2) is 30.5 Å². The summed E-state index contributed by atoms with van der Waals surface area (Å²) < 4.78 is 28.5. The molecule has 0 aliphatic heterocycles. The van der Waals surface area contributed by atoms with Crippen molar-refractivity contribution in [2.45, 2.75) is 13.8 Å². The number of aromatic nitrogens is 5. The summed E-state index contributed by atoms with van der Waals surface area (Å²) in [6.45, 7) is 3.60. The summed E-state index contributed by atoms with van der Waals surface area (Å²) in [7, 11) is 0. The first-order valence-corrected chi connectivity index (χ1v) is 8.38. The first kappa shape index (κ1) is 17.3. The van der Waals surface area contributed by atoms with E-state index in [0.717, 1.165) is 11.9 Å². The van der Waals surface area contributed by atoms with E-state index in [1.807, 2.05) is 6.92 Å². The van der Waals surface area contributed by atoms with Crippen molar-refractivity contribution in [3.8, 4) is 11.4 Å². The molecule has 4 aromatic rings. The molecule has 3 heterocycles. The van der Waals surface area contributed by atoms with E-state index in [1.165, 1.54) is 18.2 Å². The minimum absolute atomic E-state index is 0.0643. The number of anilines is 2. The molecule has 0 bridgehead atoms. The van der Waals surface area contributed by atoms with E-state index in [0.29, 0.717) is 11.6 Å². The second kappa shape index (κ2) is 6.55. The summed E-state index contributed by atoms with van der Waals surface area (Å²) in [6, 6.07) is 6.01. The molecule has 0 spiro atoms. The minimum Gasteiger partial charge on any atom is -0.335 e. The number of H-pyrrole nitrogens is 1. The van der Waals surface area contributed by atoms with Gasteiger partial charge in [-0.2, -0.15) is 0 Å². The predicted octanol–water partition coefficient (Wildman–Crippen LogP) is 4.71. The van der Waals surface area contributed by atoms with Crippen molar-refractivity contribution >= 4 is 34.3 Å². The third-order valence-corrected chi connectivity index (χ3v) is 4.20. The van der Waals surface area contributed by atoms with Crippen LogP contribution in [0, 0.1) is 25.5 Å². The standard InChI is InChI=1S/C18H13ClF2N6/c1-8-6-13(24-9(2)23-8)25-18-16-15(12(21)7-22-18)26-17(27-16)14-10(19)4-3-5-11(14)20/h3-7H,1-2H3,(H,26,27)(H,22,23,24,25). The second-order valence-corrected chi connectivity index (χ2v) is 6.33. The summed E-state index contributed by atoms with van der Waals surface area (Å²) in [6.07, 6.45) is 1.05. The highest BCUT2D eigenvalue weighted by Gasteiger charge is 2.18. The lowest BCUT2D eigenvalue weighted by Gasteiger charge is -2.07. The smallest absolute Gasteiger partial charge is 0.167 e. The maximum atomic E-state index is 14.2. The quantitative estimate of drug-likeness (QED) is 0.533. The number of hydrogen-bond donors (Lipinski definition) is 2. The van der Waals surface area contributed by atoms with Gasteiger partial charge in [0.25, 0.3) is 0 Å². The summed E-state index contributed by atoms with van der Waals surface area (Å²) in [5.74, 6) is 0.283. The molecule has 3 aromatic heterocycles. The van der Waals surface area contributed by atoms with Crippen LogP contribution in [0.5, 0.6) is 0 Å². The molecule has 0 atom stereocenters. The van der Waals surface area contributed by atoms with Gasteiger partial charge < -0.3 is 10.3 Å². The van der Waals surface area contributed by atoms with Gasteiger partial charge in [-0.25, -0.2) is 28.7 Å². The Balaban J connectivity index is 1.86. The fourth-order valence-electron chi connectivity index (χ4n) is 2.80. The third-order valence-electron chi connectivity index (χ3n) is 3.89. The number of imidazole rings is 1. The van der Waals surface area contributed by atoms with Crippen molar-refractivity contribution < 1.29 is 8.78 Å². The van der Waals surface area contributed by atoms with Crippen molar-refractivity contribution in [3.63, 3.8) is 0 Å². The third kappa shape index (κ3) is 3.19. The largest absolute Gasteiger partial charge is 0.335 e. The Morgan fingerprint density at radius 3 is 2.63 bits per heavy atom. The van der Waals surface area contributed by atoms with Crippen LogP contribution in [0.3, 0.4) is 0 Å². The van der Waals surface area contributed by atoms with Crippen LogP contribution >= 0.6 is 11.6 Å². The number of nitrogens with one attached hydrogen (secondary N) is 2. The monoisotopic (exact) mass is 386 g/mol. The number of aromatic amines is 1. The molecular weight excluding hydrogens is 374 g/mol. The van der Waals surface area contributed by atoms with E-state index in [4.69, 9.17) is 11.6 Å². The molecule has 9 heteroatoms. The molecule has 0 radical (unpaired) electrons. The topological polar surface area (TPSA) is 79.4 Å². The van der Waals surface area contributed by atoms with Crippen LogP contribution in [-0.2, 0) is 0 Å². The van der Waals surface area contributed by atoms with E-state index in [-0.39, 0.29) is 33.3 Å². The molecule has 4 rings (SSSR count). The fourth-order valence-corrected chi connectivity index (χ4v) is 3.05. The van der Waals surface area contributed by atoms with Gasteiger partial charge in [-0.15, -0.1) is 0 Å². The lowest BCUT2D eigenvalue weighted by Crippen LogP contribution is -2.01. The Hall–Kier alpha value is -3.13. The van der Waals surface area contributed by atoms with Crippen molar-refractivity contribution in [1.82, 2.24) is 24.9 Å². The van der Waals surface area contributed by atoms with Crippen LogP contribution in [-0.4, -0.2) is 24.9 Å². The highest BCUT2D eigenvalue weighted by Crippen LogP contribution is 2.32. The molecule has 0 amide bonds. The van der Waals surface area contributed by atoms with Gasteiger partial charge in [0, 0.05) is 11.8 Å². The Bertz CT molecular complexity index is 1130. The molecule has 27 heavy (non-hydrogen) atoms. The Kier molecular flexibility index (Phi) is 4.19. The predicted molar refractivity (Wildman–Crippen MR) is 99.0 cm³/mol. The lowest BCUT2D eigenvalue weighted by molar-refractivity contribution is 0.629. The maximum absolute atomic E-state index is 14.2. The van der Waals surface area contributed by atoms with Gasteiger partial charge in [0.15, 0.2) is 11.6 Å². The fraction of sp³-hybridized carbons (Fsp3) is 0.111. The van der Waals surface area contributed by atoms with Crippen molar-refractivity contribution in [1.29, 1.82) is 0 Å². The van der Waals surface area contributed by atoms with Crippen LogP contribution in [0.25, 0.3) is 22.4 Å². The first-order valence-electron chi connectivity index (χ1n) is 8.00. The van der Waals surface area contributed by atoms with Crippen LogP contribution < -0.4 is 5.32 Å². The zero-order chi connectivity index (χ0) is 19.1. The van der Waals surface area contributed by atoms with Gasteiger partial charge in [-0.3, -0.25) is 0 Å². The molecule has 6 nitrogen and oxygen atoms in total. The molecule has 0 aliphatic rings. The van der Waals surface area contributed by atoms with E-state index in [9.17, 15) is 8.78 Å². The van der Waals surface area contributed by atoms with Gasteiger partial charge in [-0.1, -0.05) is 17.7 Å². The maximum Gasteiger partial charge on any atom is 0.167 e. The molecule has 0 fully saturated rings. The van der Waals surface area contributed by atoms with Crippen molar-refractivity contribution in [3.05, 3.63) is 58.6 Å². The molecule has 0 aliphatic carbocycles. The van der Waals surface area contributed by atoms with Gasteiger partial charge in [-0.05, 0) is 26.0 Å². The number of pyridine rings is 1. The van der Waals surface area contributed by atoms with Gasteiger partial charge in [0.1, 0.15) is 34.3 Å².